The highest BCUT2D eigenvalue weighted by molar-refractivity contribution is 6.30. The number of halogens is 1. The minimum atomic E-state index is -0.918. The van der Waals surface area contributed by atoms with Crippen LogP contribution in [0.15, 0.2) is 96.0 Å². The van der Waals surface area contributed by atoms with Crippen molar-refractivity contribution in [3.63, 3.8) is 0 Å². The molecule has 10 rings (SSSR count). The van der Waals surface area contributed by atoms with E-state index >= 15 is 0 Å². The molecule has 2 amide bonds. The zero-order valence-electron chi connectivity index (χ0n) is 21.1. The lowest BCUT2D eigenvalue weighted by molar-refractivity contribution is -0.122. The fraction of sp³-hybridized carbons (Fsp3) is 0.182. The number of aryl methyl sites for hydroxylation is 2. The van der Waals surface area contributed by atoms with Gasteiger partial charge in [-0.05, 0) is 65.9 Å². The van der Waals surface area contributed by atoms with Gasteiger partial charge < -0.3 is 0 Å². The molecule has 5 aliphatic carbocycles. The van der Waals surface area contributed by atoms with Gasteiger partial charge in [-0.1, -0.05) is 83.9 Å². The van der Waals surface area contributed by atoms with Gasteiger partial charge in [0.15, 0.2) is 0 Å². The van der Waals surface area contributed by atoms with Crippen LogP contribution in [0, 0.1) is 25.7 Å². The average molecular weight is 517 g/mol. The molecule has 0 N–H and O–H groups in total. The summed E-state index contributed by atoms with van der Waals surface area (Å²) in [5.74, 6) is -1.70. The van der Waals surface area contributed by atoms with Crippen LogP contribution in [0.5, 0.6) is 0 Å². The highest BCUT2D eigenvalue weighted by Gasteiger charge is 2.65. The van der Waals surface area contributed by atoms with E-state index in [1.165, 1.54) is 4.90 Å². The largest absolute Gasteiger partial charge is 0.274 e. The number of amides is 2. The van der Waals surface area contributed by atoms with Gasteiger partial charge in [0.25, 0.3) is 0 Å². The number of benzene rings is 4. The molecule has 0 spiro atoms. The molecule has 0 aromatic heterocycles. The van der Waals surface area contributed by atoms with Gasteiger partial charge in [-0.25, -0.2) is 4.90 Å². The van der Waals surface area contributed by atoms with Gasteiger partial charge >= 0.3 is 0 Å². The summed E-state index contributed by atoms with van der Waals surface area (Å²) in [4.78, 5) is 35.3. The zero-order valence-corrected chi connectivity index (χ0v) is 21.8. The predicted molar refractivity (Wildman–Crippen MR) is 150 cm³/mol. The SMILES string of the molecule is Cc1ccc(N2C(=O)[C@@H]3[C@H]4c5ccc(cc5)[C@@](C=Nc5cccc(Cl)c5)(c5ccccc54)[C@H]3C2=O)c(C)c1. The molecule has 1 fully saturated rings. The van der Waals surface area contributed by atoms with Crippen molar-refractivity contribution in [1.82, 2.24) is 0 Å². The fourth-order valence-electron chi connectivity index (χ4n) is 6.95. The monoisotopic (exact) mass is 516 g/mol. The molecule has 1 heterocycles. The van der Waals surface area contributed by atoms with Crippen LogP contribution < -0.4 is 4.90 Å². The van der Waals surface area contributed by atoms with E-state index in [-0.39, 0.29) is 17.7 Å². The molecule has 1 saturated heterocycles. The number of rotatable bonds is 3. The van der Waals surface area contributed by atoms with Gasteiger partial charge in [-0.3, -0.25) is 14.6 Å². The number of anilines is 1. The first kappa shape index (κ1) is 23.1. The maximum atomic E-state index is 14.6. The first-order valence-electron chi connectivity index (χ1n) is 12.9. The second-order valence-electron chi connectivity index (χ2n) is 10.6. The normalized spacial score (nSPS) is 25.0. The third-order valence-corrected chi connectivity index (χ3v) is 8.74. The van der Waals surface area contributed by atoms with Crippen molar-refractivity contribution in [2.24, 2.45) is 16.8 Å². The number of hydrogen-bond donors (Lipinski definition) is 0. The Morgan fingerprint density at radius 1 is 0.868 bits per heavy atom. The highest BCUT2D eigenvalue weighted by Crippen LogP contribution is 2.60. The molecule has 0 saturated carbocycles. The summed E-state index contributed by atoms with van der Waals surface area (Å²) >= 11 is 6.27. The summed E-state index contributed by atoms with van der Waals surface area (Å²) < 4.78 is 0. The standard InChI is InChI=1S/C33H25ClN2O2/c1-19-10-15-27(20(2)16-19)36-31(37)29-28-21-11-13-22(14-12-21)33(30(29)32(36)38,26-9-4-3-8-25(26)28)18-35-24-7-5-6-23(34)17-24/h3-18,28-30H,1-2H3/t28-,29+,30+,33-/m0/s1. The minimum absolute atomic E-state index is 0.144. The van der Waals surface area contributed by atoms with Gasteiger partial charge in [0.2, 0.25) is 11.8 Å². The molecule has 4 aromatic rings. The summed E-state index contributed by atoms with van der Waals surface area (Å²) in [5, 5.41) is 0.592. The second-order valence-corrected chi connectivity index (χ2v) is 11.0. The van der Waals surface area contributed by atoms with Crippen molar-refractivity contribution in [2.75, 3.05) is 4.90 Å². The summed E-state index contributed by atoms with van der Waals surface area (Å²) in [7, 11) is 0. The number of carbonyl (C=O) groups is 2. The van der Waals surface area contributed by atoms with E-state index in [2.05, 4.69) is 36.4 Å². The van der Waals surface area contributed by atoms with E-state index in [1.807, 2.05) is 68.6 Å². The van der Waals surface area contributed by atoms with Crippen LogP contribution in [0.4, 0.5) is 11.4 Å². The first-order chi connectivity index (χ1) is 18.4. The van der Waals surface area contributed by atoms with Gasteiger partial charge in [-0.2, -0.15) is 0 Å². The van der Waals surface area contributed by atoms with E-state index in [4.69, 9.17) is 16.6 Å². The number of nitrogens with zero attached hydrogens (tertiary/aromatic N) is 2. The Bertz CT molecular complexity index is 1670. The molecular weight excluding hydrogens is 492 g/mol. The Balaban J connectivity index is 1.52. The molecule has 4 bridgehead atoms. The van der Waals surface area contributed by atoms with Crippen molar-refractivity contribution in [3.05, 3.63) is 129 Å². The van der Waals surface area contributed by atoms with Crippen LogP contribution in [0.2, 0.25) is 5.02 Å². The lowest BCUT2D eigenvalue weighted by Crippen LogP contribution is -2.51. The summed E-state index contributed by atoms with van der Waals surface area (Å²) in [5.41, 5.74) is 6.56. The molecule has 4 aromatic carbocycles. The van der Waals surface area contributed by atoms with E-state index in [9.17, 15) is 9.59 Å². The number of hydrogen-bond acceptors (Lipinski definition) is 3. The molecule has 186 valence electrons. The maximum absolute atomic E-state index is 14.6. The van der Waals surface area contributed by atoms with Crippen molar-refractivity contribution in [2.45, 2.75) is 25.2 Å². The van der Waals surface area contributed by atoms with Gasteiger partial charge in [-0.15, -0.1) is 0 Å². The Hall–Kier alpha value is -4.02. The van der Waals surface area contributed by atoms with Crippen LogP contribution in [-0.2, 0) is 15.0 Å². The Labute approximate surface area is 226 Å². The minimum Gasteiger partial charge on any atom is -0.274 e. The van der Waals surface area contributed by atoms with Gasteiger partial charge in [0.1, 0.15) is 0 Å². The van der Waals surface area contributed by atoms with Crippen LogP contribution in [0.3, 0.4) is 0 Å². The molecule has 5 heteroatoms. The summed E-state index contributed by atoms with van der Waals surface area (Å²) in [6.07, 6.45) is 1.89. The Kier molecular flexibility index (Phi) is 5.01. The van der Waals surface area contributed by atoms with Crippen LogP contribution in [-0.4, -0.2) is 18.0 Å². The quantitative estimate of drug-likeness (QED) is 0.219. The van der Waals surface area contributed by atoms with Crippen LogP contribution >= 0.6 is 11.6 Å². The first-order valence-corrected chi connectivity index (χ1v) is 13.2. The van der Waals surface area contributed by atoms with Gasteiger partial charge in [0.05, 0.1) is 28.6 Å². The average Bonchev–Trinajstić information content (AvgIpc) is 3.15. The third-order valence-electron chi connectivity index (χ3n) is 8.51. The molecule has 6 aliphatic rings. The lowest BCUT2D eigenvalue weighted by Gasteiger charge is -2.48. The van der Waals surface area contributed by atoms with E-state index in [0.717, 1.165) is 33.4 Å². The number of imide groups is 1. The lowest BCUT2D eigenvalue weighted by atomic mass is 9.52. The highest BCUT2D eigenvalue weighted by atomic mass is 35.5. The summed E-state index contributed by atoms with van der Waals surface area (Å²) in [6, 6.07) is 29.9. The molecule has 0 radical (unpaired) electrons. The maximum Gasteiger partial charge on any atom is 0.239 e. The molecule has 0 unspecified atom stereocenters. The number of aliphatic imine (C=N–C) groups is 1. The second kappa shape index (κ2) is 8.24. The zero-order chi connectivity index (χ0) is 26.2. The van der Waals surface area contributed by atoms with Gasteiger partial charge in [0, 0.05) is 17.2 Å². The van der Waals surface area contributed by atoms with Crippen LogP contribution in [0.25, 0.3) is 0 Å². The van der Waals surface area contributed by atoms with Crippen molar-refractivity contribution >= 4 is 41.0 Å². The molecule has 1 aliphatic heterocycles. The van der Waals surface area contributed by atoms with Crippen molar-refractivity contribution in [3.8, 4) is 0 Å². The molecule has 4 atom stereocenters. The predicted octanol–water partition coefficient (Wildman–Crippen LogP) is 6.91. The van der Waals surface area contributed by atoms with Crippen molar-refractivity contribution in [1.29, 1.82) is 0 Å². The fourth-order valence-corrected chi connectivity index (χ4v) is 7.14. The van der Waals surface area contributed by atoms with E-state index < -0.39 is 17.3 Å². The van der Waals surface area contributed by atoms with E-state index in [0.29, 0.717) is 16.4 Å². The Morgan fingerprint density at radius 3 is 2.42 bits per heavy atom. The topological polar surface area (TPSA) is 49.7 Å². The smallest absolute Gasteiger partial charge is 0.239 e. The molecule has 38 heavy (non-hydrogen) atoms. The van der Waals surface area contributed by atoms with Crippen molar-refractivity contribution < 1.29 is 9.59 Å². The van der Waals surface area contributed by atoms with Crippen LogP contribution in [0.1, 0.15) is 39.3 Å². The third kappa shape index (κ3) is 3.07. The number of carbonyl (C=O) groups excluding carboxylic acids is 2. The van der Waals surface area contributed by atoms with E-state index in [1.54, 1.807) is 6.07 Å². The summed E-state index contributed by atoms with van der Waals surface area (Å²) in [6.45, 7) is 3.97. The molecule has 4 nitrogen and oxygen atoms in total. The Morgan fingerprint density at radius 2 is 1.66 bits per heavy atom. The molecular formula is C33H25ClN2O2.